The summed E-state index contributed by atoms with van der Waals surface area (Å²) in [4.78, 5) is 69.7. The number of ether oxygens (including phenoxy) is 3. The van der Waals surface area contributed by atoms with Gasteiger partial charge in [0.2, 0.25) is 5.54 Å². The van der Waals surface area contributed by atoms with Crippen LogP contribution in [0.5, 0.6) is 5.75 Å². The molecule has 0 radical (unpaired) electrons. The Labute approximate surface area is 309 Å². The second-order valence-electron chi connectivity index (χ2n) is 14.1. The number of nitrogens with zero attached hydrogens (tertiary/aromatic N) is 2. The normalized spacial score (nSPS) is 15.0. The first-order chi connectivity index (χ1) is 25.1. The number of rotatable bonds is 11. The number of amides is 3. The molecule has 11 heteroatoms. The van der Waals surface area contributed by atoms with Crippen molar-refractivity contribution in [3.05, 3.63) is 118 Å². The molecule has 1 atom stereocenters. The molecule has 0 unspecified atom stereocenters. The zero-order valence-corrected chi connectivity index (χ0v) is 31.4. The average molecular weight is 720 g/mol. The first kappa shape index (κ1) is 38.3. The Bertz CT molecular complexity index is 2070. The van der Waals surface area contributed by atoms with Gasteiger partial charge in [0.05, 0.1) is 31.4 Å². The Hall–Kier alpha value is -5.97. The summed E-state index contributed by atoms with van der Waals surface area (Å²) in [6, 6.07) is 24.5. The molecule has 0 fully saturated rings. The van der Waals surface area contributed by atoms with Crippen molar-refractivity contribution in [1.82, 2.24) is 9.80 Å². The Morgan fingerprint density at radius 1 is 0.849 bits per heavy atom. The highest BCUT2D eigenvalue weighted by atomic mass is 16.6. The molecule has 0 saturated carbocycles. The van der Waals surface area contributed by atoms with Crippen molar-refractivity contribution in [1.29, 1.82) is 0 Å². The van der Waals surface area contributed by atoms with Gasteiger partial charge in [-0.2, -0.15) is 0 Å². The summed E-state index contributed by atoms with van der Waals surface area (Å²) in [5, 5.41) is 2.90. The predicted molar refractivity (Wildman–Crippen MR) is 201 cm³/mol. The fourth-order valence-corrected chi connectivity index (χ4v) is 6.35. The van der Waals surface area contributed by atoms with Crippen LogP contribution in [0.1, 0.15) is 75.5 Å². The molecular weight excluding hydrogens is 674 g/mol. The molecule has 1 aliphatic heterocycles. The summed E-state index contributed by atoms with van der Waals surface area (Å²) in [6.45, 7) is 7.64. The minimum absolute atomic E-state index is 0.0461. The van der Waals surface area contributed by atoms with E-state index in [0.29, 0.717) is 33.6 Å². The van der Waals surface area contributed by atoms with Crippen LogP contribution in [-0.4, -0.2) is 80.9 Å². The lowest BCUT2D eigenvalue weighted by molar-refractivity contribution is -0.163. The van der Waals surface area contributed by atoms with Crippen molar-refractivity contribution >= 4 is 35.3 Å². The highest BCUT2D eigenvalue weighted by molar-refractivity contribution is 6.12. The molecule has 1 N–H and O–H groups in total. The third-order valence-corrected chi connectivity index (χ3v) is 9.39. The fourth-order valence-electron chi connectivity index (χ4n) is 6.35. The summed E-state index contributed by atoms with van der Waals surface area (Å²) in [5.41, 5.74) is 2.85. The van der Waals surface area contributed by atoms with Gasteiger partial charge >= 0.3 is 11.9 Å². The number of esters is 2. The molecule has 276 valence electrons. The van der Waals surface area contributed by atoms with E-state index in [0.717, 1.165) is 11.1 Å². The summed E-state index contributed by atoms with van der Waals surface area (Å²) in [7, 11) is 6.20. The number of hydrogen-bond acceptors (Lipinski definition) is 8. The van der Waals surface area contributed by atoms with Crippen LogP contribution in [-0.2, 0) is 36.4 Å². The Morgan fingerprint density at radius 2 is 1.55 bits per heavy atom. The quantitative estimate of drug-likeness (QED) is 0.180. The molecule has 0 aromatic heterocycles. The van der Waals surface area contributed by atoms with Gasteiger partial charge in [-0.3, -0.25) is 19.2 Å². The fraction of sp³-hybridized carbons (Fsp3) is 0.310. The van der Waals surface area contributed by atoms with Crippen molar-refractivity contribution in [2.24, 2.45) is 0 Å². The van der Waals surface area contributed by atoms with Crippen LogP contribution in [0.3, 0.4) is 0 Å². The molecule has 1 heterocycles. The summed E-state index contributed by atoms with van der Waals surface area (Å²) >= 11 is 0. The number of anilines is 1. The highest BCUT2D eigenvalue weighted by Gasteiger charge is 2.55. The van der Waals surface area contributed by atoms with E-state index in [2.05, 4.69) is 26.1 Å². The Balaban J connectivity index is 1.40. The topological polar surface area (TPSA) is 132 Å². The highest BCUT2D eigenvalue weighted by Crippen LogP contribution is 2.40. The van der Waals surface area contributed by atoms with Crippen LogP contribution in [0.15, 0.2) is 84.9 Å². The van der Waals surface area contributed by atoms with Crippen molar-refractivity contribution < 1.29 is 38.2 Å². The van der Waals surface area contributed by atoms with E-state index >= 15 is 0 Å². The maximum Gasteiger partial charge on any atom is 0.340 e. The van der Waals surface area contributed by atoms with Gasteiger partial charge in [0.25, 0.3) is 17.7 Å². The lowest BCUT2D eigenvalue weighted by Crippen LogP contribution is -2.52. The summed E-state index contributed by atoms with van der Waals surface area (Å²) < 4.78 is 16.5. The molecule has 0 saturated heterocycles. The third kappa shape index (κ3) is 7.65. The molecule has 5 rings (SSSR count). The minimum Gasteiger partial charge on any atom is -0.497 e. The van der Waals surface area contributed by atoms with E-state index in [1.807, 2.05) is 24.3 Å². The van der Waals surface area contributed by atoms with E-state index in [1.54, 1.807) is 82.7 Å². The monoisotopic (exact) mass is 719 g/mol. The van der Waals surface area contributed by atoms with E-state index in [1.165, 1.54) is 22.9 Å². The minimum atomic E-state index is -1.66. The number of hydrogen-bond donors (Lipinski definition) is 1. The summed E-state index contributed by atoms with van der Waals surface area (Å²) in [5.74, 6) is -2.06. The molecule has 1 aliphatic rings. The van der Waals surface area contributed by atoms with Crippen molar-refractivity contribution in [3.63, 3.8) is 0 Å². The number of benzene rings is 4. The van der Waals surface area contributed by atoms with Gasteiger partial charge in [-0.1, -0.05) is 69.3 Å². The number of methoxy groups -OCH3 is 1. The van der Waals surface area contributed by atoms with Crippen LogP contribution >= 0.6 is 0 Å². The first-order valence-electron chi connectivity index (χ1n) is 17.3. The van der Waals surface area contributed by atoms with Crippen molar-refractivity contribution in [2.45, 2.75) is 45.1 Å². The molecule has 4 aromatic carbocycles. The Kier molecular flexibility index (Phi) is 11.1. The van der Waals surface area contributed by atoms with Gasteiger partial charge < -0.3 is 29.3 Å². The molecule has 0 spiro atoms. The lowest BCUT2D eigenvalue weighted by Gasteiger charge is -2.33. The molecule has 4 aromatic rings. The largest absolute Gasteiger partial charge is 0.497 e. The molecule has 0 aliphatic carbocycles. The van der Waals surface area contributed by atoms with Crippen LogP contribution in [0, 0.1) is 0 Å². The zero-order chi connectivity index (χ0) is 38.7. The second kappa shape index (κ2) is 15.3. The number of nitrogens with one attached hydrogen (secondary N) is 1. The van der Waals surface area contributed by atoms with Crippen molar-refractivity contribution in [3.8, 4) is 16.9 Å². The maximum atomic E-state index is 13.9. The van der Waals surface area contributed by atoms with Crippen molar-refractivity contribution in [2.75, 3.05) is 46.8 Å². The van der Waals surface area contributed by atoms with Gasteiger partial charge in [0, 0.05) is 37.8 Å². The van der Waals surface area contributed by atoms with Gasteiger partial charge in [-0.15, -0.1) is 0 Å². The van der Waals surface area contributed by atoms with Gasteiger partial charge in [0.15, 0.2) is 0 Å². The Morgan fingerprint density at radius 3 is 2.19 bits per heavy atom. The van der Waals surface area contributed by atoms with E-state index in [-0.39, 0.29) is 29.7 Å². The zero-order valence-electron chi connectivity index (χ0n) is 31.4. The predicted octanol–water partition coefficient (Wildman–Crippen LogP) is 6.24. The summed E-state index contributed by atoms with van der Waals surface area (Å²) in [6.07, 6.45) is -0.257. The molecule has 0 bridgehead atoms. The van der Waals surface area contributed by atoms with Gasteiger partial charge in [-0.25, -0.2) is 4.79 Å². The average Bonchev–Trinajstić information content (AvgIpc) is 3.36. The van der Waals surface area contributed by atoms with E-state index in [9.17, 15) is 24.0 Å². The molecule has 53 heavy (non-hydrogen) atoms. The standard InChI is InChI=1S/C42H45N3O8/c1-9-52-40(50)42(34-13-11-10-12-31(34)39(49)45(42)7)25-53-36(46)23-26-14-21-35(33(22-26)38(48)44(5)6)43-37(47)30-20-19-29(51-8)24-32(30)27-15-17-28(18-16-27)41(2,3)4/h10-22,24H,9,23,25H2,1-8H3,(H,43,47)/t42-/m0/s1. The smallest absolute Gasteiger partial charge is 0.340 e. The van der Waals surface area contributed by atoms with Gasteiger partial charge in [0.1, 0.15) is 12.4 Å². The van der Waals surface area contributed by atoms with Crippen LogP contribution < -0.4 is 10.1 Å². The maximum absolute atomic E-state index is 13.9. The van der Waals surface area contributed by atoms with Gasteiger partial charge in [-0.05, 0) is 71.0 Å². The number of likely N-dealkylation sites (N-methyl/N-ethyl adjacent to an activating group) is 1. The molecular formula is C42H45N3O8. The molecule has 3 amide bonds. The third-order valence-electron chi connectivity index (χ3n) is 9.39. The van der Waals surface area contributed by atoms with Crippen LogP contribution in [0.4, 0.5) is 5.69 Å². The number of fused-ring (bicyclic) bond motifs is 1. The number of carbonyl (C=O) groups excluding carboxylic acids is 5. The SMILES string of the molecule is CCOC(=O)[C@]1(COC(=O)Cc2ccc(NC(=O)c3ccc(OC)cc3-c3ccc(C(C)(C)C)cc3)c(C(=O)N(C)C)c2)c2ccccc2C(=O)N1C. The number of carbonyl (C=O) groups is 5. The second-order valence-corrected chi connectivity index (χ2v) is 14.1. The lowest BCUT2D eigenvalue weighted by atomic mass is 9.86. The first-order valence-corrected chi connectivity index (χ1v) is 17.3. The van der Waals surface area contributed by atoms with E-state index < -0.39 is 41.8 Å². The molecule has 11 nitrogen and oxygen atoms in total. The van der Waals surface area contributed by atoms with Crippen LogP contribution in [0.25, 0.3) is 11.1 Å². The van der Waals surface area contributed by atoms with E-state index in [4.69, 9.17) is 14.2 Å². The van der Waals surface area contributed by atoms with Crippen LogP contribution in [0.2, 0.25) is 0 Å².